The molecule has 0 aromatic carbocycles. The summed E-state index contributed by atoms with van der Waals surface area (Å²) < 4.78 is 2.13. The van der Waals surface area contributed by atoms with E-state index in [1.807, 2.05) is 12.3 Å². The van der Waals surface area contributed by atoms with Gasteiger partial charge in [0.1, 0.15) is 0 Å². The lowest BCUT2D eigenvalue weighted by Crippen LogP contribution is -2.18. The maximum absolute atomic E-state index is 4.70. The van der Waals surface area contributed by atoms with Gasteiger partial charge in [0.25, 0.3) is 0 Å². The second-order valence-corrected chi connectivity index (χ2v) is 5.72. The number of rotatable bonds is 4. The molecule has 0 aliphatic rings. The molecule has 0 aliphatic heterocycles. The number of imidazole rings is 1. The molecule has 3 aromatic heterocycles. The van der Waals surface area contributed by atoms with Crippen molar-refractivity contribution < 1.29 is 0 Å². The third-order valence-corrected chi connectivity index (χ3v) is 4.26. The highest BCUT2D eigenvalue weighted by Gasteiger charge is 2.15. The number of hydrogen-bond donors (Lipinski definition) is 0. The van der Waals surface area contributed by atoms with Gasteiger partial charge in [0.15, 0.2) is 10.8 Å². The highest BCUT2D eigenvalue weighted by atomic mass is 79.9. The van der Waals surface area contributed by atoms with Gasteiger partial charge in [-0.05, 0) is 11.6 Å². The van der Waals surface area contributed by atoms with Gasteiger partial charge in [-0.3, -0.25) is 9.38 Å². The molecular weight excluding hydrogens is 324 g/mol. The molecule has 0 bridgehead atoms. The van der Waals surface area contributed by atoms with Crippen molar-refractivity contribution in [2.75, 3.05) is 11.9 Å². The molecule has 0 unspecified atom stereocenters. The van der Waals surface area contributed by atoms with Crippen LogP contribution in [0.5, 0.6) is 0 Å². The summed E-state index contributed by atoms with van der Waals surface area (Å²) in [4.78, 5) is 12.0. The number of alkyl halides is 1. The Hall–Kier alpha value is -1.40. The molecule has 0 saturated heterocycles. The van der Waals surface area contributed by atoms with Crippen molar-refractivity contribution in [3.05, 3.63) is 47.4 Å². The molecule has 0 N–H and O–H groups in total. The van der Waals surface area contributed by atoms with E-state index in [1.165, 1.54) is 11.3 Å². The Morgan fingerprint density at radius 1 is 1.47 bits per heavy atom. The molecule has 0 amide bonds. The predicted octanol–water partition coefficient (Wildman–Crippen LogP) is 3.32. The number of halogens is 1. The number of nitrogens with zero attached hydrogens (tertiary/aromatic N) is 4. The topological polar surface area (TPSA) is 33.4 Å². The summed E-state index contributed by atoms with van der Waals surface area (Å²) >= 11 is 5.21. The zero-order valence-corrected chi connectivity index (χ0v) is 12.9. The third-order valence-electron chi connectivity index (χ3n) is 2.97. The molecular formula is C13H13BrN4S. The van der Waals surface area contributed by atoms with Crippen molar-refractivity contribution >= 4 is 38.0 Å². The minimum absolute atomic E-state index is 0.789. The van der Waals surface area contributed by atoms with E-state index < -0.39 is 0 Å². The zero-order chi connectivity index (χ0) is 13.2. The first kappa shape index (κ1) is 12.6. The second kappa shape index (κ2) is 5.30. The standard InChI is InChI=1S/C13H13BrN4S/c1-17(9-10-3-2-4-15-8-10)12-11(7-14)18-5-6-19-13(18)16-12/h2-6,8H,7,9H2,1H3. The molecule has 0 atom stereocenters. The minimum atomic E-state index is 0.789. The van der Waals surface area contributed by atoms with Crippen molar-refractivity contribution in [2.24, 2.45) is 0 Å². The molecule has 98 valence electrons. The van der Waals surface area contributed by atoms with Gasteiger partial charge in [0.05, 0.1) is 5.69 Å². The number of fused-ring (bicyclic) bond motifs is 1. The molecule has 3 heterocycles. The smallest absolute Gasteiger partial charge is 0.195 e. The van der Waals surface area contributed by atoms with Crippen LogP contribution < -0.4 is 4.90 Å². The normalized spacial score (nSPS) is 11.1. The molecule has 0 spiro atoms. The number of pyridine rings is 1. The number of thiazole rings is 1. The van der Waals surface area contributed by atoms with Gasteiger partial charge in [0.2, 0.25) is 0 Å². The van der Waals surface area contributed by atoms with E-state index in [1.54, 1.807) is 17.5 Å². The lowest BCUT2D eigenvalue weighted by atomic mass is 10.2. The molecule has 0 aliphatic carbocycles. The first-order valence-corrected chi connectivity index (χ1v) is 7.90. The molecule has 19 heavy (non-hydrogen) atoms. The monoisotopic (exact) mass is 336 g/mol. The van der Waals surface area contributed by atoms with E-state index in [2.05, 4.69) is 54.9 Å². The lowest BCUT2D eigenvalue weighted by molar-refractivity contribution is 0.889. The summed E-state index contributed by atoms with van der Waals surface area (Å²) in [7, 11) is 2.06. The fraction of sp³-hybridized carbons (Fsp3) is 0.231. The first-order valence-electron chi connectivity index (χ1n) is 5.90. The van der Waals surface area contributed by atoms with Gasteiger partial charge in [0, 0.05) is 42.9 Å². The summed E-state index contributed by atoms with van der Waals surface area (Å²) in [5, 5.41) is 2.84. The molecule has 0 radical (unpaired) electrons. The van der Waals surface area contributed by atoms with Crippen LogP contribution >= 0.6 is 27.3 Å². The fourth-order valence-electron chi connectivity index (χ4n) is 2.09. The highest BCUT2D eigenvalue weighted by Crippen LogP contribution is 2.26. The Morgan fingerprint density at radius 2 is 2.37 bits per heavy atom. The maximum atomic E-state index is 4.70. The predicted molar refractivity (Wildman–Crippen MR) is 82.0 cm³/mol. The van der Waals surface area contributed by atoms with E-state index in [0.717, 1.165) is 22.7 Å². The summed E-state index contributed by atoms with van der Waals surface area (Å²) in [6.07, 6.45) is 5.74. The van der Waals surface area contributed by atoms with E-state index in [4.69, 9.17) is 4.98 Å². The third kappa shape index (κ3) is 2.37. The highest BCUT2D eigenvalue weighted by molar-refractivity contribution is 9.08. The van der Waals surface area contributed by atoms with Crippen LogP contribution in [0.15, 0.2) is 36.1 Å². The average Bonchev–Trinajstić information content (AvgIpc) is 2.99. The molecule has 6 heteroatoms. The summed E-state index contributed by atoms with van der Waals surface area (Å²) in [6.45, 7) is 0.804. The van der Waals surface area contributed by atoms with Gasteiger partial charge in [-0.15, -0.1) is 11.3 Å². The van der Waals surface area contributed by atoms with E-state index >= 15 is 0 Å². The number of aromatic nitrogens is 3. The average molecular weight is 337 g/mol. The van der Waals surface area contributed by atoms with Crippen LogP contribution in [0.4, 0.5) is 5.82 Å². The summed E-state index contributed by atoms with van der Waals surface area (Å²) in [6, 6.07) is 4.04. The van der Waals surface area contributed by atoms with Crippen molar-refractivity contribution in [1.29, 1.82) is 0 Å². The Morgan fingerprint density at radius 3 is 3.11 bits per heavy atom. The Labute approximate surface area is 123 Å². The van der Waals surface area contributed by atoms with Crippen LogP contribution in [0.3, 0.4) is 0 Å². The van der Waals surface area contributed by atoms with Gasteiger partial charge in [-0.1, -0.05) is 22.0 Å². The Kier molecular flexibility index (Phi) is 3.52. The SMILES string of the molecule is CN(Cc1cccnc1)c1nc2sccn2c1CBr. The molecule has 3 aromatic rings. The Bertz CT molecular complexity index is 676. The quantitative estimate of drug-likeness (QED) is 0.685. The molecule has 3 rings (SSSR count). The van der Waals surface area contributed by atoms with Gasteiger partial charge < -0.3 is 4.90 Å². The van der Waals surface area contributed by atoms with Crippen LogP contribution in [0, 0.1) is 0 Å². The van der Waals surface area contributed by atoms with Crippen molar-refractivity contribution in [3.8, 4) is 0 Å². The van der Waals surface area contributed by atoms with E-state index in [-0.39, 0.29) is 0 Å². The maximum Gasteiger partial charge on any atom is 0.195 e. The minimum Gasteiger partial charge on any atom is -0.354 e. The molecule has 4 nitrogen and oxygen atoms in total. The van der Waals surface area contributed by atoms with Crippen LogP contribution in [0.2, 0.25) is 0 Å². The summed E-state index contributed by atoms with van der Waals surface area (Å²) in [5.41, 5.74) is 2.37. The van der Waals surface area contributed by atoms with Crippen molar-refractivity contribution in [2.45, 2.75) is 11.9 Å². The van der Waals surface area contributed by atoms with Crippen LogP contribution in [0.1, 0.15) is 11.3 Å². The number of hydrogen-bond acceptors (Lipinski definition) is 4. The zero-order valence-electron chi connectivity index (χ0n) is 10.5. The first-order chi connectivity index (χ1) is 9.29. The van der Waals surface area contributed by atoms with Crippen LogP contribution in [0.25, 0.3) is 4.96 Å². The van der Waals surface area contributed by atoms with Gasteiger partial charge >= 0.3 is 0 Å². The molecule has 0 saturated carbocycles. The fourth-order valence-corrected chi connectivity index (χ4v) is 3.34. The molecule has 0 fully saturated rings. The summed E-state index contributed by atoms with van der Waals surface area (Å²) in [5.74, 6) is 1.02. The van der Waals surface area contributed by atoms with Crippen LogP contribution in [-0.2, 0) is 11.9 Å². The van der Waals surface area contributed by atoms with Gasteiger partial charge in [-0.2, -0.15) is 0 Å². The van der Waals surface area contributed by atoms with E-state index in [0.29, 0.717) is 0 Å². The largest absolute Gasteiger partial charge is 0.354 e. The second-order valence-electron chi connectivity index (χ2n) is 4.29. The van der Waals surface area contributed by atoms with Crippen molar-refractivity contribution in [1.82, 2.24) is 14.4 Å². The van der Waals surface area contributed by atoms with Crippen molar-refractivity contribution in [3.63, 3.8) is 0 Å². The van der Waals surface area contributed by atoms with Crippen LogP contribution in [-0.4, -0.2) is 21.4 Å². The Balaban J connectivity index is 1.92. The van der Waals surface area contributed by atoms with Gasteiger partial charge in [-0.25, -0.2) is 4.98 Å². The van der Waals surface area contributed by atoms with E-state index in [9.17, 15) is 0 Å². The number of anilines is 1. The lowest BCUT2D eigenvalue weighted by Gasteiger charge is -2.17.